The largest absolute Gasteiger partial charge is 0.343 e. The van der Waals surface area contributed by atoms with Gasteiger partial charge in [-0.25, -0.2) is 0 Å². The van der Waals surface area contributed by atoms with Gasteiger partial charge >= 0.3 is 0 Å². The predicted molar refractivity (Wildman–Crippen MR) is 73.8 cm³/mol. The number of nitrogens with zero attached hydrogens (tertiary/aromatic N) is 1. The Balaban J connectivity index is 2.06. The first-order valence-electron chi connectivity index (χ1n) is 6.79. The lowest BCUT2D eigenvalue weighted by molar-refractivity contribution is -0.159. The Labute approximate surface area is 118 Å². The Bertz CT molecular complexity index is 526. The van der Waals surface area contributed by atoms with Crippen LogP contribution in [0.2, 0.25) is 0 Å². The van der Waals surface area contributed by atoms with Crippen LogP contribution in [0, 0.1) is 0 Å². The molecule has 0 spiro atoms. The molecule has 20 heavy (non-hydrogen) atoms. The molecule has 1 fully saturated rings. The fourth-order valence-corrected chi connectivity index (χ4v) is 2.54. The highest BCUT2D eigenvalue weighted by atomic mass is 16.8. The number of benzene rings is 1. The van der Waals surface area contributed by atoms with Crippen molar-refractivity contribution in [3.05, 3.63) is 29.3 Å². The summed E-state index contributed by atoms with van der Waals surface area (Å²) in [6.45, 7) is 5.65. The lowest BCUT2D eigenvalue weighted by Gasteiger charge is -2.35. The SMILES string of the molecule is CC1(C)OCONNc2cccc(C(=O)N3CCC3)c21. The second-order valence-corrected chi connectivity index (χ2v) is 5.52. The van der Waals surface area contributed by atoms with E-state index in [4.69, 9.17) is 9.57 Å². The molecule has 6 nitrogen and oxygen atoms in total. The highest BCUT2D eigenvalue weighted by molar-refractivity contribution is 5.98. The zero-order valence-corrected chi connectivity index (χ0v) is 11.7. The number of hydrogen-bond donors (Lipinski definition) is 2. The number of ether oxygens (including phenoxy) is 1. The molecule has 108 valence electrons. The third-order valence-corrected chi connectivity index (χ3v) is 3.78. The Morgan fingerprint density at radius 3 is 2.85 bits per heavy atom. The molecular weight excluding hydrogens is 258 g/mol. The van der Waals surface area contributed by atoms with Crippen LogP contribution in [0.25, 0.3) is 0 Å². The average molecular weight is 277 g/mol. The van der Waals surface area contributed by atoms with E-state index >= 15 is 0 Å². The third-order valence-electron chi connectivity index (χ3n) is 3.78. The molecule has 1 aromatic carbocycles. The first-order chi connectivity index (χ1) is 9.59. The van der Waals surface area contributed by atoms with Gasteiger partial charge in [0.25, 0.3) is 5.91 Å². The van der Waals surface area contributed by atoms with Crippen LogP contribution in [0.15, 0.2) is 18.2 Å². The summed E-state index contributed by atoms with van der Waals surface area (Å²) >= 11 is 0. The normalized spacial score (nSPS) is 21.0. The van der Waals surface area contributed by atoms with Gasteiger partial charge in [0.2, 0.25) is 0 Å². The molecule has 1 aromatic rings. The van der Waals surface area contributed by atoms with E-state index in [0.29, 0.717) is 5.56 Å². The minimum Gasteiger partial charge on any atom is -0.343 e. The van der Waals surface area contributed by atoms with E-state index in [1.165, 1.54) is 0 Å². The van der Waals surface area contributed by atoms with Crippen LogP contribution in [-0.2, 0) is 15.2 Å². The molecular formula is C14H19N3O3. The molecule has 0 bridgehead atoms. The molecule has 6 heteroatoms. The van der Waals surface area contributed by atoms with Crippen LogP contribution in [0.5, 0.6) is 0 Å². The maximum atomic E-state index is 12.6. The standard InChI is InChI=1S/C14H19N3O3/c1-14(2)12-10(13(18)17-7-4-8-17)5-3-6-11(12)15-16-20-9-19-14/h3,5-6,15-16H,4,7-9H2,1-2H3. The van der Waals surface area contributed by atoms with Gasteiger partial charge in [-0.05, 0) is 32.4 Å². The minimum atomic E-state index is -0.610. The fourth-order valence-electron chi connectivity index (χ4n) is 2.54. The van der Waals surface area contributed by atoms with Crippen molar-refractivity contribution in [2.75, 3.05) is 25.3 Å². The molecule has 2 heterocycles. The van der Waals surface area contributed by atoms with Gasteiger partial charge in [-0.1, -0.05) is 6.07 Å². The molecule has 1 amide bonds. The van der Waals surface area contributed by atoms with E-state index in [9.17, 15) is 4.79 Å². The summed E-state index contributed by atoms with van der Waals surface area (Å²) in [5, 5.41) is 0. The Morgan fingerprint density at radius 1 is 1.35 bits per heavy atom. The molecule has 0 atom stereocenters. The molecule has 0 aliphatic carbocycles. The smallest absolute Gasteiger partial charge is 0.254 e. The number of nitrogens with one attached hydrogen (secondary N) is 2. The van der Waals surface area contributed by atoms with E-state index < -0.39 is 5.60 Å². The van der Waals surface area contributed by atoms with Crippen molar-refractivity contribution in [3.63, 3.8) is 0 Å². The summed E-state index contributed by atoms with van der Waals surface area (Å²) in [7, 11) is 0. The molecule has 0 unspecified atom stereocenters. The number of amides is 1. The molecule has 0 saturated carbocycles. The van der Waals surface area contributed by atoms with Crippen molar-refractivity contribution in [2.45, 2.75) is 25.9 Å². The van der Waals surface area contributed by atoms with Gasteiger partial charge in [0, 0.05) is 24.2 Å². The summed E-state index contributed by atoms with van der Waals surface area (Å²) in [5.41, 5.74) is 7.29. The molecule has 1 saturated heterocycles. The molecule has 2 aliphatic heterocycles. The van der Waals surface area contributed by atoms with E-state index in [-0.39, 0.29) is 12.7 Å². The van der Waals surface area contributed by atoms with Gasteiger partial charge in [-0.3, -0.25) is 15.1 Å². The van der Waals surface area contributed by atoms with Crippen LogP contribution >= 0.6 is 0 Å². The van der Waals surface area contributed by atoms with Gasteiger partial charge in [-0.2, -0.15) is 0 Å². The van der Waals surface area contributed by atoms with E-state index in [1.54, 1.807) is 0 Å². The maximum Gasteiger partial charge on any atom is 0.254 e. The van der Waals surface area contributed by atoms with Gasteiger partial charge in [0.15, 0.2) is 6.79 Å². The number of hydrazine groups is 1. The third kappa shape index (κ3) is 2.26. The number of carbonyl (C=O) groups excluding carboxylic acids is 1. The minimum absolute atomic E-state index is 0.0630. The second-order valence-electron chi connectivity index (χ2n) is 5.52. The maximum absolute atomic E-state index is 12.6. The number of fused-ring (bicyclic) bond motifs is 1. The zero-order chi connectivity index (χ0) is 14.2. The number of hydrogen-bond acceptors (Lipinski definition) is 5. The fraction of sp³-hybridized carbons (Fsp3) is 0.500. The van der Waals surface area contributed by atoms with E-state index in [0.717, 1.165) is 30.8 Å². The number of carbonyl (C=O) groups is 1. The van der Waals surface area contributed by atoms with Crippen LogP contribution in [0.1, 0.15) is 36.2 Å². The number of likely N-dealkylation sites (tertiary alicyclic amines) is 1. The van der Waals surface area contributed by atoms with Crippen LogP contribution in [0.4, 0.5) is 5.69 Å². The summed E-state index contributed by atoms with van der Waals surface area (Å²) in [6.07, 6.45) is 1.08. The molecule has 3 rings (SSSR count). The Hall–Kier alpha value is -1.63. The molecule has 0 radical (unpaired) electrons. The highest BCUT2D eigenvalue weighted by Gasteiger charge is 2.33. The monoisotopic (exact) mass is 277 g/mol. The Kier molecular flexibility index (Phi) is 3.37. The topological polar surface area (TPSA) is 62.8 Å². The first-order valence-corrected chi connectivity index (χ1v) is 6.79. The molecule has 0 aromatic heterocycles. The lowest BCUT2D eigenvalue weighted by Crippen LogP contribution is -2.43. The quantitative estimate of drug-likeness (QED) is 0.816. The summed E-state index contributed by atoms with van der Waals surface area (Å²) in [5.74, 6) is 0.0630. The van der Waals surface area contributed by atoms with Crippen molar-refractivity contribution >= 4 is 11.6 Å². The number of anilines is 1. The van der Waals surface area contributed by atoms with Crippen LogP contribution in [-0.4, -0.2) is 30.7 Å². The van der Waals surface area contributed by atoms with Gasteiger partial charge in [0.05, 0.1) is 11.3 Å². The van der Waals surface area contributed by atoms with E-state index in [1.807, 2.05) is 36.9 Å². The second kappa shape index (κ2) is 5.05. The van der Waals surface area contributed by atoms with Crippen molar-refractivity contribution in [3.8, 4) is 0 Å². The predicted octanol–water partition coefficient (Wildman–Crippen LogP) is 1.60. The van der Waals surface area contributed by atoms with Gasteiger partial charge in [0.1, 0.15) is 0 Å². The zero-order valence-electron chi connectivity index (χ0n) is 11.7. The van der Waals surface area contributed by atoms with Gasteiger partial charge in [-0.15, -0.1) is 5.59 Å². The summed E-state index contributed by atoms with van der Waals surface area (Å²) in [6, 6.07) is 5.61. The highest BCUT2D eigenvalue weighted by Crippen LogP contribution is 2.35. The first kappa shape index (κ1) is 13.4. The summed E-state index contributed by atoms with van der Waals surface area (Å²) < 4.78 is 5.72. The number of rotatable bonds is 1. The molecule has 2 N–H and O–H groups in total. The van der Waals surface area contributed by atoms with E-state index in [2.05, 4.69) is 11.0 Å². The van der Waals surface area contributed by atoms with Gasteiger partial charge < -0.3 is 9.64 Å². The van der Waals surface area contributed by atoms with Crippen LogP contribution in [0.3, 0.4) is 0 Å². The van der Waals surface area contributed by atoms with Crippen molar-refractivity contribution < 1.29 is 14.4 Å². The lowest BCUT2D eigenvalue weighted by atomic mass is 9.90. The average Bonchev–Trinajstić information content (AvgIpc) is 2.33. The van der Waals surface area contributed by atoms with Crippen molar-refractivity contribution in [1.29, 1.82) is 0 Å². The van der Waals surface area contributed by atoms with Crippen molar-refractivity contribution in [1.82, 2.24) is 10.5 Å². The Morgan fingerprint density at radius 2 is 2.15 bits per heavy atom. The van der Waals surface area contributed by atoms with Crippen LogP contribution < -0.4 is 11.0 Å². The summed E-state index contributed by atoms with van der Waals surface area (Å²) in [4.78, 5) is 19.5. The van der Waals surface area contributed by atoms with Crippen molar-refractivity contribution in [2.24, 2.45) is 0 Å². The molecule has 2 aliphatic rings.